The number of alkyl halides is 3. The maximum absolute atomic E-state index is 12.4. The van der Waals surface area contributed by atoms with E-state index in [-0.39, 0.29) is 0 Å². The van der Waals surface area contributed by atoms with Crippen molar-refractivity contribution < 1.29 is 22.7 Å². The summed E-state index contributed by atoms with van der Waals surface area (Å²) in [6.07, 6.45) is -4.73. The van der Waals surface area contributed by atoms with Crippen LogP contribution in [0.4, 0.5) is 13.2 Å². The Morgan fingerprint density at radius 1 is 1.50 bits per heavy atom. The van der Waals surface area contributed by atoms with Gasteiger partial charge in [-0.25, -0.2) is 4.98 Å². The van der Waals surface area contributed by atoms with Crippen LogP contribution >= 0.6 is 23.2 Å². The third-order valence-corrected chi connectivity index (χ3v) is 2.26. The average Bonchev–Trinajstić information content (AvgIpc) is 2.40. The molecule has 0 spiro atoms. The smallest absolute Gasteiger partial charge is 0.444 e. The molecule has 1 rings (SSSR count). The zero-order valence-corrected chi connectivity index (χ0v) is 9.32. The molecule has 0 aliphatic heterocycles. The molecular formula is C7H5Cl2F3N2O2. The molecule has 0 bridgehead atoms. The van der Waals surface area contributed by atoms with Gasteiger partial charge in [-0.1, -0.05) is 23.2 Å². The lowest BCUT2D eigenvalue weighted by Gasteiger charge is -2.10. The molecule has 0 aromatic carbocycles. The number of nitrogens with zero attached hydrogens (tertiary/aromatic N) is 2. The van der Waals surface area contributed by atoms with E-state index in [0.717, 1.165) is 6.92 Å². The molecule has 0 radical (unpaired) electrons. The minimum Gasteiger partial charge on any atom is -0.444 e. The van der Waals surface area contributed by atoms with Crippen molar-refractivity contribution in [1.82, 2.24) is 9.55 Å². The molecule has 9 heteroatoms. The lowest BCUT2D eigenvalue weighted by molar-refractivity contribution is -0.155. The first-order valence-electron chi connectivity index (χ1n) is 3.85. The van der Waals surface area contributed by atoms with Crippen molar-refractivity contribution in [3.8, 4) is 0 Å². The fourth-order valence-electron chi connectivity index (χ4n) is 0.893. The molecule has 90 valence electrons. The number of hydrogen-bond acceptors (Lipinski definition) is 3. The molecule has 0 aliphatic rings. The Hall–Kier alpha value is -0.950. The van der Waals surface area contributed by atoms with Crippen LogP contribution in [0.25, 0.3) is 0 Å². The lowest BCUT2D eigenvalue weighted by atomic mass is 10.6. The second kappa shape index (κ2) is 4.50. The third-order valence-electron chi connectivity index (χ3n) is 1.52. The summed E-state index contributed by atoms with van der Waals surface area (Å²) in [5.74, 6) is -2.06. The maximum atomic E-state index is 12.4. The second-order valence-electron chi connectivity index (χ2n) is 2.71. The molecule has 0 unspecified atom stereocenters. The van der Waals surface area contributed by atoms with Gasteiger partial charge in [-0.15, -0.1) is 0 Å². The lowest BCUT2D eigenvalue weighted by Crippen LogP contribution is -2.17. The van der Waals surface area contributed by atoms with Crippen LogP contribution in [0.15, 0.2) is 0 Å². The van der Waals surface area contributed by atoms with Crippen LogP contribution in [0, 0.1) is 0 Å². The molecule has 1 heterocycles. The van der Waals surface area contributed by atoms with Crippen molar-refractivity contribution >= 4 is 29.2 Å². The summed E-state index contributed by atoms with van der Waals surface area (Å²) in [6, 6.07) is 0. The predicted octanol–water partition coefficient (Wildman–Crippen LogP) is 2.73. The van der Waals surface area contributed by atoms with Gasteiger partial charge >= 0.3 is 12.1 Å². The van der Waals surface area contributed by atoms with Gasteiger partial charge in [0.2, 0.25) is 5.82 Å². The van der Waals surface area contributed by atoms with Crippen molar-refractivity contribution in [2.24, 2.45) is 0 Å². The molecule has 0 saturated heterocycles. The van der Waals surface area contributed by atoms with Crippen LogP contribution in [0.2, 0.25) is 10.3 Å². The molecular weight excluding hydrogens is 272 g/mol. The van der Waals surface area contributed by atoms with E-state index in [2.05, 4.69) is 9.72 Å². The van der Waals surface area contributed by atoms with Crippen LogP contribution < -0.4 is 0 Å². The molecule has 0 aliphatic carbocycles. The van der Waals surface area contributed by atoms with Gasteiger partial charge < -0.3 is 4.74 Å². The van der Waals surface area contributed by atoms with Crippen LogP contribution in [0.5, 0.6) is 0 Å². The molecule has 1 aromatic rings. The normalized spacial score (nSPS) is 11.6. The van der Waals surface area contributed by atoms with Crippen molar-refractivity contribution in [2.45, 2.75) is 19.8 Å². The largest absolute Gasteiger partial charge is 0.449 e. The molecule has 1 aromatic heterocycles. The summed E-state index contributed by atoms with van der Waals surface area (Å²) >= 11 is 10.8. The topological polar surface area (TPSA) is 44.1 Å². The number of ether oxygens (including phenoxy) is 1. The highest BCUT2D eigenvalue weighted by atomic mass is 35.5. The predicted molar refractivity (Wildman–Crippen MR) is 49.0 cm³/mol. The highest BCUT2D eigenvalue weighted by molar-refractivity contribution is 6.40. The number of esters is 1. The summed E-state index contributed by atoms with van der Waals surface area (Å²) in [4.78, 5) is 13.5. The number of halogens is 5. The van der Waals surface area contributed by atoms with Gasteiger partial charge in [0.05, 0.1) is 0 Å². The number of carbonyl (C=O) groups is 1. The van der Waals surface area contributed by atoms with E-state index in [0.29, 0.717) is 4.57 Å². The van der Waals surface area contributed by atoms with E-state index in [1.54, 1.807) is 0 Å². The maximum Gasteiger partial charge on any atom is 0.449 e. The minimum atomic E-state index is -4.73. The van der Waals surface area contributed by atoms with Crippen molar-refractivity contribution in [2.75, 3.05) is 0 Å². The quantitative estimate of drug-likeness (QED) is 0.781. The standard InChI is InChI=1S/C7H5Cl2F3N2O2/c1-3(15)16-2-14-5(9)4(8)13-6(14)7(10,11)12/h2H2,1H3. The average molecular weight is 277 g/mol. The molecule has 0 N–H and O–H groups in total. The second-order valence-corrected chi connectivity index (χ2v) is 3.42. The first kappa shape index (κ1) is 13.1. The molecule has 16 heavy (non-hydrogen) atoms. The van der Waals surface area contributed by atoms with Crippen LogP contribution in [0.3, 0.4) is 0 Å². The highest BCUT2D eigenvalue weighted by Gasteiger charge is 2.38. The van der Waals surface area contributed by atoms with Gasteiger partial charge in [0.1, 0.15) is 0 Å². The van der Waals surface area contributed by atoms with Gasteiger partial charge in [0, 0.05) is 6.92 Å². The van der Waals surface area contributed by atoms with E-state index >= 15 is 0 Å². The third kappa shape index (κ3) is 2.79. The highest BCUT2D eigenvalue weighted by Crippen LogP contribution is 2.33. The zero-order valence-electron chi connectivity index (χ0n) is 7.81. The Morgan fingerprint density at radius 3 is 2.50 bits per heavy atom. The zero-order chi connectivity index (χ0) is 12.5. The summed E-state index contributed by atoms with van der Waals surface area (Å²) < 4.78 is 42.1. The monoisotopic (exact) mass is 276 g/mol. The number of hydrogen-bond donors (Lipinski definition) is 0. The molecule has 0 fully saturated rings. The SMILES string of the molecule is CC(=O)OCn1c(C(F)(F)F)nc(Cl)c1Cl. The number of carbonyl (C=O) groups excluding carboxylic acids is 1. The van der Waals surface area contributed by atoms with Crippen molar-refractivity contribution in [3.05, 3.63) is 16.1 Å². The van der Waals surface area contributed by atoms with Crippen molar-refractivity contribution in [3.63, 3.8) is 0 Å². The Balaban J connectivity index is 3.09. The Kier molecular flexibility index (Phi) is 3.69. The van der Waals surface area contributed by atoms with E-state index in [4.69, 9.17) is 23.2 Å². The summed E-state index contributed by atoms with van der Waals surface area (Å²) in [5, 5.41) is -0.934. The van der Waals surface area contributed by atoms with Gasteiger partial charge in [-0.2, -0.15) is 13.2 Å². The molecule has 0 atom stereocenters. The van der Waals surface area contributed by atoms with Crippen LogP contribution in [0.1, 0.15) is 12.7 Å². The van der Waals surface area contributed by atoms with Crippen molar-refractivity contribution in [1.29, 1.82) is 0 Å². The Morgan fingerprint density at radius 2 is 2.06 bits per heavy atom. The van der Waals surface area contributed by atoms with Gasteiger partial charge in [-0.3, -0.25) is 9.36 Å². The fourth-order valence-corrected chi connectivity index (χ4v) is 1.25. The van der Waals surface area contributed by atoms with E-state index in [9.17, 15) is 18.0 Å². The van der Waals surface area contributed by atoms with E-state index < -0.39 is 35.0 Å². The van der Waals surface area contributed by atoms with Crippen LogP contribution in [-0.2, 0) is 22.4 Å². The molecule has 0 amide bonds. The fraction of sp³-hybridized carbons (Fsp3) is 0.429. The minimum absolute atomic E-state index is 0.435. The Bertz CT molecular complexity index is 416. The number of rotatable bonds is 2. The van der Waals surface area contributed by atoms with E-state index in [1.165, 1.54) is 0 Å². The molecule has 0 saturated carbocycles. The first-order valence-corrected chi connectivity index (χ1v) is 4.61. The number of imidazole rings is 1. The molecule has 4 nitrogen and oxygen atoms in total. The summed E-state index contributed by atoms with van der Waals surface area (Å²) in [7, 11) is 0. The van der Waals surface area contributed by atoms with Crippen LogP contribution in [-0.4, -0.2) is 15.5 Å². The Labute approximate surface area is 97.9 Å². The first-order chi connectivity index (χ1) is 7.23. The van der Waals surface area contributed by atoms with E-state index in [1.807, 2.05) is 0 Å². The summed E-state index contributed by atoms with van der Waals surface area (Å²) in [5.41, 5.74) is 0. The van der Waals surface area contributed by atoms with Gasteiger partial charge in [0.15, 0.2) is 17.0 Å². The van der Waals surface area contributed by atoms with Gasteiger partial charge in [-0.05, 0) is 0 Å². The van der Waals surface area contributed by atoms with Gasteiger partial charge in [0.25, 0.3) is 0 Å². The summed E-state index contributed by atoms with van der Waals surface area (Å²) in [6.45, 7) is 0.364. The number of aromatic nitrogens is 2.